The molecular formula is C14H13BrN2O5. The number of carbonyl (C=O) groups is 1. The van der Waals surface area contributed by atoms with Gasteiger partial charge in [0.15, 0.2) is 5.76 Å². The summed E-state index contributed by atoms with van der Waals surface area (Å²) in [7, 11) is 1.57. The molecule has 2 aromatic rings. The van der Waals surface area contributed by atoms with E-state index in [9.17, 15) is 14.9 Å². The van der Waals surface area contributed by atoms with Gasteiger partial charge in [-0.2, -0.15) is 0 Å². The first kappa shape index (κ1) is 16.0. The number of nitrogens with zero attached hydrogens (tertiary/aromatic N) is 2. The number of likely N-dealkylation sites (N-methyl/N-ethyl adjacent to an activating group) is 1. The fraction of sp³-hybridized carbons (Fsp3) is 0.214. The second-order valence-electron chi connectivity index (χ2n) is 4.42. The Morgan fingerprint density at radius 2 is 2.00 bits per heavy atom. The molecule has 0 radical (unpaired) electrons. The highest BCUT2D eigenvalue weighted by molar-refractivity contribution is 9.10. The van der Waals surface area contributed by atoms with E-state index in [4.69, 9.17) is 9.15 Å². The van der Waals surface area contributed by atoms with E-state index in [1.54, 1.807) is 7.05 Å². The number of amides is 1. The van der Waals surface area contributed by atoms with Crippen molar-refractivity contribution in [2.45, 2.75) is 0 Å². The molecule has 0 N–H and O–H groups in total. The predicted octanol–water partition coefficient (Wildman–Crippen LogP) is 3.10. The molecule has 8 heteroatoms. The summed E-state index contributed by atoms with van der Waals surface area (Å²) in [5, 5.41) is 10.5. The van der Waals surface area contributed by atoms with Crippen LogP contribution in [0.5, 0.6) is 5.75 Å². The van der Waals surface area contributed by atoms with Crippen LogP contribution >= 0.6 is 15.9 Å². The molecule has 1 aromatic carbocycles. The highest BCUT2D eigenvalue weighted by atomic mass is 79.9. The van der Waals surface area contributed by atoms with Gasteiger partial charge in [0.25, 0.3) is 5.91 Å². The lowest BCUT2D eigenvalue weighted by Gasteiger charge is -2.16. The zero-order chi connectivity index (χ0) is 16.1. The molecule has 1 heterocycles. The molecule has 0 unspecified atom stereocenters. The van der Waals surface area contributed by atoms with E-state index in [1.165, 1.54) is 11.0 Å². The van der Waals surface area contributed by atoms with Gasteiger partial charge in [0.05, 0.1) is 12.6 Å². The Labute approximate surface area is 134 Å². The van der Waals surface area contributed by atoms with E-state index < -0.39 is 16.7 Å². The predicted molar refractivity (Wildman–Crippen MR) is 82.0 cm³/mol. The number of nitro groups is 1. The molecule has 22 heavy (non-hydrogen) atoms. The number of benzene rings is 1. The van der Waals surface area contributed by atoms with E-state index in [2.05, 4.69) is 15.9 Å². The van der Waals surface area contributed by atoms with Gasteiger partial charge in [-0.05, 0) is 30.3 Å². The van der Waals surface area contributed by atoms with Gasteiger partial charge in [0.2, 0.25) is 0 Å². The van der Waals surface area contributed by atoms with Crippen LogP contribution in [-0.2, 0) is 0 Å². The maximum atomic E-state index is 12.0. The first-order valence-electron chi connectivity index (χ1n) is 6.35. The summed E-state index contributed by atoms with van der Waals surface area (Å²) in [5.74, 6) is -0.272. The van der Waals surface area contributed by atoms with Crippen molar-refractivity contribution < 1.29 is 18.9 Å². The minimum absolute atomic E-state index is 0.0714. The zero-order valence-corrected chi connectivity index (χ0v) is 13.3. The normalized spacial score (nSPS) is 10.3. The first-order valence-corrected chi connectivity index (χ1v) is 7.15. The van der Waals surface area contributed by atoms with E-state index in [0.717, 1.165) is 10.5 Å². The third-order valence-corrected chi connectivity index (χ3v) is 3.37. The third-order valence-electron chi connectivity index (χ3n) is 2.84. The Bertz CT molecular complexity index is 668. The van der Waals surface area contributed by atoms with Gasteiger partial charge >= 0.3 is 5.88 Å². The number of hydrogen-bond acceptors (Lipinski definition) is 5. The molecule has 1 aromatic heterocycles. The summed E-state index contributed by atoms with van der Waals surface area (Å²) in [6.45, 7) is 0.621. The molecule has 116 valence electrons. The minimum Gasteiger partial charge on any atom is -0.492 e. The molecule has 7 nitrogen and oxygen atoms in total. The Hall–Kier alpha value is -2.35. The van der Waals surface area contributed by atoms with Crippen molar-refractivity contribution in [1.29, 1.82) is 0 Å². The standard InChI is InChI=1S/C14H13BrN2O5/c1-16(8-9-21-11-4-2-10(15)3-5-11)14(18)12-6-7-13(22-12)17(19)20/h2-7H,8-9H2,1H3. The van der Waals surface area contributed by atoms with Gasteiger partial charge in [-0.1, -0.05) is 15.9 Å². The van der Waals surface area contributed by atoms with Crippen LogP contribution < -0.4 is 4.74 Å². The van der Waals surface area contributed by atoms with Gasteiger partial charge in [0, 0.05) is 11.5 Å². The molecule has 0 aliphatic heterocycles. The summed E-state index contributed by atoms with van der Waals surface area (Å²) in [5.41, 5.74) is 0. The van der Waals surface area contributed by atoms with Crippen molar-refractivity contribution >= 4 is 27.7 Å². The van der Waals surface area contributed by atoms with E-state index in [1.807, 2.05) is 24.3 Å². The lowest BCUT2D eigenvalue weighted by molar-refractivity contribution is -0.402. The third kappa shape index (κ3) is 4.08. The van der Waals surface area contributed by atoms with Crippen molar-refractivity contribution in [1.82, 2.24) is 4.90 Å². The summed E-state index contributed by atoms with van der Waals surface area (Å²) in [4.78, 5) is 23.2. The lowest BCUT2D eigenvalue weighted by atomic mass is 10.3. The topological polar surface area (TPSA) is 85.8 Å². The van der Waals surface area contributed by atoms with Gasteiger partial charge in [-0.15, -0.1) is 0 Å². The number of carbonyl (C=O) groups excluding carboxylic acids is 1. The molecule has 0 saturated carbocycles. The molecule has 2 rings (SSSR count). The second kappa shape index (κ2) is 7.08. The summed E-state index contributed by atoms with van der Waals surface area (Å²) >= 11 is 3.33. The van der Waals surface area contributed by atoms with Crippen LogP contribution in [0.25, 0.3) is 0 Å². The fourth-order valence-electron chi connectivity index (χ4n) is 1.66. The van der Waals surface area contributed by atoms with Crippen LogP contribution in [0.15, 0.2) is 45.3 Å². The Morgan fingerprint density at radius 1 is 1.32 bits per heavy atom. The number of furan rings is 1. The van der Waals surface area contributed by atoms with E-state index >= 15 is 0 Å². The maximum Gasteiger partial charge on any atom is 0.433 e. The molecule has 0 atom stereocenters. The van der Waals surface area contributed by atoms with Crippen LogP contribution in [-0.4, -0.2) is 35.9 Å². The molecule has 0 aliphatic carbocycles. The summed E-state index contributed by atoms with van der Waals surface area (Å²) in [6.07, 6.45) is 0. The molecule has 0 aliphatic rings. The first-order chi connectivity index (χ1) is 10.5. The van der Waals surface area contributed by atoms with E-state index in [-0.39, 0.29) is 5.76 Å². The van der Waals surface area contributed by atoms with Gasteiger partial charge < -0.3 is 14.1 Å². The molecule has 0 saturated heterocycles. The van der Waals surface area contributed by atoms with Crippen LogP contribution in [0.1, 0.15) is 10.6 Å². The fourth-order valence-corrected chi connectivity index (χ4v) is 1.93. The smallest absolute Gasteiger partial charge is 0.433 e. The van der Waals surface area contributed by atoms with Crippen molar-refractivity contribution in [3.8, 4) is 5.75 Å². The monoisotopic (exact) mass is 368 g/mol. The largest absolute Gasteiger partial charge is 0.492 e. The number of hydrogen-bond donors (Lipinski definition) is 0. The quantitative estimate of drug-likeness (QED) is 0.577. The lowest BCUT2D eigenvalue weighted by Crippen LogP contribution is -2.30. The second-order valence-corrected chi connectivity index (χ2v) is 5.34. The average Bonchev–Trinajstić information content (AvgIpc) is 2.98. The molecular weight excluding hydrogens is 356 g/mol. The van der Waals surface area contributed by atoms with Crippen LogP contribution in [0.2, 0.25) is 0 Å². The van der Waals surface area contributed by atoms with Crippen LogP contribution in [0.4, 0.5) is 5.88 Å². The van der Waals surface area contributed by atoms with Gasteiger partial charge in [-0.3, -0.25) is 14.9 Å². The van der Waals surface area contributed by atoms with Gasteiger partial charge in [0.1, 0.15) is 17.3 Å². The van der Waals surface area contributed by atoms with E-state index in [0.29, 0.717) is 18.9 Å². The van der Waals surface area contributed by atoms with Crippen molar-refractivity contribution in [2.75, 3.05) is 20.2 Å². The van der Waals surface area contributed by atoms with Crippen molar-refractivity contribution in [2.24, 2.45) is 0 Å². The SMILES string of the molecule is CN(CCOc1ccc(Br)cc1)C(=O)c1ccc([N+](=O)[O-])o1. The number of rotatable bonds is 6. The highest BCUT2D eigenvalue weighted by Crippen LogP contribution is 2.17. The minimum atomic E-state index is -0.687. The van der Waals surface area contributed by atoms with Gasteiger partial charge in [-0.25, -0.2) is 0 Å². The Morgan fingerprint density at radius 3 is 2.59 bits per heavy atom. The van der Waals surface area contributed by atoms with Crippen molar-refractivity contribution in [3.05, 3.63) is 56.7 Å². The number of halogens is 1. The summed E-state index contributed by atoms with van der Waals surface area (Å²) in [6, 6.07) is 9.76. The number of ether oxygens (including phenoxy) is 1. The van der Waals surface area contributed by atoms with Crippen LogP contribution in [0, 0.1) is 10.1 Å². The molecule has 0 bridgehead atoms. The summed E-state index contributed by atoms with van der Waals surface area (Å²) < 4.78 is 11.3. The molecule has 0 fully saturated rings. The van der Waals surface area contributed by atoms with Crippen molar-refractivity contribution in [3.63, 3.8) is 0 Å². The van der Waals surface area contributed by atoms with Crippen LogP contribution in [0.3, 0.4) is 0 Å². The molecule has 0 spiro atoms. The zero-order valence-electron chi connectivity index (χ0n) is 11.7. The Balaban J connectivity index is 1.85. The Kier molecular flexibility index (Phi) is 5.16. The average molecular weight is 369 g/mol. The molecule has 1 amide bonds. The highest BCUT2D eigenvalue weighted by Gasteiger charge is 2.20. The maximum absolute atomic E-state index is 12.0.